The van der Waals surface area contributed by atoms with Crippen LogP contribution in [0.5, 0.6) is 11.5 Å². The molecule has 18 heavy (non-hydrogen) atoms. The van der Waals surface area contributed by atoms with Gasteiger partial charge in [0.2, 0.25) is 0 Å². The number of ether oxygens (including phenoxy) is 1. The molecule has 2 rings (SSSR count). The Hall–Kier alpha value is -1.78. The average molecular weight is 284 g/mol. The van der Waals surface area contributed by atoms with Crippen molar-refractivity contribution in [1.29, 1.82) is 0 Å². The first kappa shape index (κ1) is 12.7. The van der Waals surface area contributed by atoms with Gasteiger partial charge in [-0.2, -0.15) is 0 Å². The molecule has 0 aliphatic rings. The minimum atomic E-state index is -1.24. The Bertz CT molecular complexity index is 587. The summed E-state index contributed by atoms with van der Waals surface area (Å²) in [6, 6.07) is 8.89. The topological polar surface area (TPSA) is 59.4 Å². The van der Waals surface area contributed by atoms with E-state index in [-0.39, 0.29) is 21.5 Å². The molecule has 2 aromatic rings. The van der Waals surface area contributed by atoms with E-state index in [1.54, 1.807) is 24.3 Å². The van der Waals surface area contributed by atoms with Crippen LogP contribution in [-0.2, 0) is 0 Å². The highest BCUT2D eigenvalue weighted by Crippen LogP contribution is 2.35. The van der Waals surface area contributed by atoms with Gasteiger partial charge in [-0.3, -0.25) is 0 Å². The van der Waals surface area contributed by atoms with Crippen LogP contribution in [0.15, 0.2) is 36.5 Å². The molecule has 0 saturated carbocycles. The van der Waals surface area contributed by atoms with Crippen LogP contribution in [0.2, 0.25) is 10.0 Å². The summed E-state index contributed by atoms with van der Waals surface area (Å²) in [7, 11) is 0. The second-order valence-electron chi connectivity index (χ2n) is 3.32. The van der Waals surface area contributed by atoms with Crippen molar-refractivity contribution in [3.8, 4) is 11.5 Å². The fourth-order valence-corrected chi connectivity index (χ4v) is 1.68. The van der Waals surface area contributed by atoms with E-state index >= 15 is 0 Å². The Kier molecular flexibility index (Phi) is 3.69. The van der Waals surface area contributed by atoms with Gasteiger partial charge in [-0.25, -0.2) is 9.78 Å². The highest BCUT2D eigenvalue weighted by Gasteiger charge is 2.17. The van der Waals surface area contributed by atoms with Crippen molar-refractivity contribution in [2.45, 2.75) is 0 Å². The molecule has 1 aromatic heterocycles. The largest absolute Gasteiger partial charge is 0.476 e. The van der Waals surface area contributed by atoms with Crippen LogP contribution >= 0.6 is 23.2 Å². The lowest BCUT2D eigenvalue weighted by Gasteiger charge is -2.09. The molecule has 0 amide bonds. The van der Waals surface area contributed by atoms with Crippen LogP contribution < -0.4 is 4.74 Å². The van der Waals surface area contributed by atoms with E-state index < -0.39 is 5.97 Å². The summed E-state index contributed by atoms with van der Waals surface area (Å²) in [4.78, 5) is 14.5. The second kappa shape index (κ2) is 5.25. The third-order valence-corrected chi connectivity index (χ3v) is 2.94. The van der Waals surface area contributed by atoms with Crippen molar-refractivity contribution >= 4 is 29.2 Å². The molecule has 1 heterocycles. The first-order valence-corrected chi connectivity index (χ1v) is 5.65. The second-order valence-corrected chi connectivity index (χ2v) is 4.08. The van der Waals surface area contributed by atoms with Crippen molar-refractivity contribution in [2.75, 3.05) is 0 Å². The molecule has 0 aliphatic carbocycles. The quantitative estimate of drug-likeness (QED) is 0.929. The first-order valence-electron chi connectivity index (χ1n) is 4.90. The van der Waals surface area contributed by atoms with Gasteiger partial charge in [0, 0.05) is 0 Å². The minimum absolute atomic E-state index is 0.0212. The molecule has 0 radical (unpaired) electrons. The summed E-state index contributed by atoms with van der Waals surface area (Å²) in [5, 5.41) is 8.70. The highest BCUT2D eigenvalue weighted by atomic mass is 35.5. The molecule has 4 nitrogen and oxygen atoms in total. The van der Waals surface area contributed by atoms with E-state index in [2.05, 4.69) is 4.98 Å². The standard InChI is InChI=1S/C12H7Cl2NO3/c13-9-8(18-7-4-2-1-3-5-7)6-15-11(10(9)14)12(16)17/h1-6H,(H,16,17). The Morgan fingerprint density at radius 3 is 2.44 bits per heavy atom. The highest BCUT2D eigenvalue weighted by molar-refractivity contribution is 6.44. The predicted molar refractivity (Wildman–Crippen MR) is 67.7 cm³/mol. The molecular formula is C12H7Cl2NO3. The molecule has 0 atom stereocenters. The average Bonchev–Trinajstić information content (AvgIpc) is 2.36. The van der Waals surface area contributed by atoms with Crippen molar-refractivity contribution in [3.63, 3.8) is 0 Å². The number of halogens is 2. The third kappa shape index (κ3) is 2.55. The summed E-state index contributed by atoms with van der Waals surface area (Å²) in [6.45, 7) is 0. The SMILES string of the molecule is O=C(O)c1ncc(Oc2ccccc2)c(Cl)c1Cl. The van der Waals surface area contributed by atoms with Crippen molar-refractivity contribution in [2.24, 2.45) is 0 Å². The first-order chi connectivity index (χ1) is 8.59. The molecule has 0 spiro atoms. The van der Waals surface area contributed by atoms with Gasteiger partial charge in [-0.1, -0.05) is 41.4 Å². The Morgan fingerprint density at radius 2 is 1.83 bits per heavy atom. The monoisotopic (exact) mass is 283 g/mol. The number of carboxylic acids is 1. The van der Waals surface area contributed by atoms with Crippen molar-refractivity contribution in [3.05, 3.63) is 52.3 Å². The van der Waals surface area contributed by atoms with Crippen LogP contribution in [-0.4, -0.2) is 16.1 Å². The summed E-state index contributed by atoms with van der Waals surface area (Å²) in [5.74, 6) is -0.480. The van der Waals surface area contributed by atoms with E-state index in [4.69, 9.17) is 33.0 Å². The van der Waals surface area contributed by atoms with Gasteiger partial charge in [-0.05, 0) is 12.1 Å². The number of nitrogens with zero attached hydrogens (tertiary/aromatic N) is 1. The summed E-state index contributed by atoms with van der Waals surface area (Å²) < 4.78 is 5.45. The maximum atomic E-state index is 10.8. The van der Waals surface area contributed by atoms with Gasteiger partial charge in [-0.15, -0.1) is 0 Å². The number of aromatic nitrogens is 1. The zero-order chi connectivity index (χ0) is 13.1. The number of para-hydroxylation sites is 1. The summed E-state index contributed by atoms with van der Waals surface area (Å²) in [6.07, 6.45) is 1.23. The minimum Gasteiger partial charge on any atom is -0.476 e. The molecule has 0 fully saturated rings. The van der Waals surface area contributed by atoms with Crippen LogP contribution in [0.1, 0.15) is 10.5 Å². The van der Waals surface area contributed by atoms with Crippen molar-refractivity contribution in [1.82, 2.24) is 4.98 Å². The van der Waals surface area contributed by atoms with E-state index in [0.717, 1.165) is 0 Å². The number of aromatic carboxylic acids is 1. The lowest BCUT2D eigenvalue weighted by atomic mass is 10.3. The Balaban J connectivity index is 2.36. The number of carbonyl (C=O) groups is 1. The summed E-state index contributed by atoms with van der Waals surface area (Å²) in [5.41, 5.74) is -0.304. The number of hydrogen-bond acceptors (Lipinski definition) is 3. The van der Waals surface area contributed by atoms with E-state index in [1.807, 2.05) is 6.07 Å². The normalized spacial score (nSPS) is 10.1. The number of benzene rings is 1. The zero-order valence-corrected chi connectivity index (χ0v) is 10.4. The van der Waals surface area contributed by atoms with E-state index in [9.17, 15) is 4.79 Å². The van der Waals surface area contributed by atoms with Crippen LogP contribution in [0.4, 0.5) is 0 Å². The zero-order valence-electron chi connectivity index (χ0n) is 8.93. The predicted octanol–water partition coefficient (Wildman–Crippen LogP) is 3.88. The van der Waals surface area contributed by atoms with Crippen LogP contribution in [0, 0.1) is 0 Å². The fraction of sp³-hybridized carbons (Fsp3) is 0. The summed E-state index contributed by atoms with van der Waals surface area (Å²) >= 11 is 11.7. The van der Waals surface area contributed by atoms with Crippen LogP contribution in [0.3, 0.4) is 0 Å². The number of carboxylic acid groups (broad SMARTS) is 1. The smallest absolute Gasteiger partial charge is 0.356 e. The van der Waals surface area contributed by atoms with Gasteiger partial charge in [0.25, 0.3) is 0 Å². The Labute approximate surface area is 113 Å². The molecule has 0 aliphatic heterocycles. The molecule has 0 unspecified atom stereocenters. The third-order valence-electron chi connectivity index (χ3n) is 2.10. The maximum absolute atomic E-state index is 10.8. The van der Waals surface area contributed by atoms with Gasteiger partial charge < -0.3 is 9.84 Å². The maximum Gasteiger partial charge on any atom is 0.356 e. The number of rotatable bonds is 3. The van der Waals surface area contributed by atoms with Crippen LogP contribution in [0.25, 0.3) is 0 Å². The molecular weight excluding hydrogens is 277 g/mol. The number of hydrogen-bond donors (Lipinski definition) is 1. The lowest BCUT2D eigenvalue weighted by molar-refractivity contribution is 0.0690. The van der Waals surface area contributed by atoms with Gasteiger partial charge in [0.05, 0.1) is 11.2 Å². The molecule has 6 heteroatoms. The molecule has 1 aromatic carbocycles. The van der Waals surface area contributed by atoms with Gasteiger partial charge >= 0.3 is 5.97 Å². The van der Waals surface area contributed by atoms with Gasteiger partial charge in [0.1, 0.15) is 10.8 Å². The lowest BCUT2D eigenvalue weighted by Crippen LogP contribution is -2.02. The Morgan fingerprint density at radius 1 is 1.17 bits per heavy atom. The molecule has 0 bridgehead atoms. The van der Waals surface area contributed by atoms with Gasteiger partial charge in [0.15, 0.2) is 11.4 Å². The van der Waals surface area contributed by atoms with Crippen molar-refractivity contribution < 1.29 is 14.6 Å². The number of pyridine rings is 1. The molecule has 92 valence electrons. The molecule has 1 N–H and O–H groups in total. The van der Waals surface area contributed by atoms with E-state index in [0.29, 0.717) is 5.75 Å². The molecule has 0 saturated heterocycles. The van der Waals surface area contributed by atoms with E-state index in [1.165, 1.54) is 6.20 Å². The fourth-order valence-electron chi connectivity index (χ4n) is 1.28.